The van der Waals surface area contributed by atoms with Crippen molar-refractivity contribution in [3.8, 4) is 5.75 Å². The van der Waals surface area contributed by atoms with Crippen molar-refractivity contribution < 1.29 is 9.53 Å². The van der Waals surface area contributed by atoms with E-state index in [1.807, 2.05) is 51.1 Å². The SMILES string of the molecule is CCN1CCCC1COc1ccc2cc(C(=N)c3cc(C(=O)NC(C)(C)C)ccc3N)ccc2c1. The van der Waals surface area contributed by atoms with Crippen LogP contribution in [0.25, 0.3) is 10.8 Å². The zero-order valence-electron chi connectivity index (χ0n) is 21.2. The van der Waals surface area contributed by atoms with Crippen molar-refractivity contribution in [3.63, 3.8) is 0 Å². The fourth-order valence-corrected chi connectivity index (χ4v) is 4.64. The lowest BCUT2D eigenvalue weighted by Gasteiger charge is -2.22. The maximum atomic E-state index is 12.6. The summed E-state index contributed by atoms with van der Waals surface area (Å²) < 4.78 is 6.12. The van der Waals surface area contributed by atoms with Gasteiger partial charge in [-0.2, -0.15) is 0 Å². The molecule has 6 nitrogen and oxygen atoms in total. The Kier molecular flexibility index (Phi) is 7.13. The van der Waals surface area contributed by atoms with Crippen LogP contribution >= 0.6 is 0 Å². The molecule has 0 spiro atoms. The van der Waals surface area contributed by atoms with E-state index in [0.29, 0.717) is 29.5 Å². The van der Waals surface area contributed by atoms with Gasteiger partial charge in [0, 0.05) is 34.0 Å². The number of amides is 1. The number of nitrogen functional groups attached to an aromatic ring is 1. The lowest BCUT2D eigenvalue weighted by atomic mass is 9.96. The number of likely N-dealkylation sites (N-methyl/N-ethyl adjacent to an activating group) is 1. The Hall–Kier alpha value is -3.38. The molecule has 1 amide bonds. The molecule has 35 heavy (non-hydrogen) atoms. The van der Waals surface area contributed by atoms with Crippen LogP contribution in [0.2, 0.25) is 0 Å². The average molecular weight is 473 g/mol. The number of nitrogens with one attached hydrogen (secondary N) is 2. The van der Waals surface area contributed by atoms with Crippen LogP contribution in [0, 0.1) is 5.41 Å². The smallest absolute Gasteiger partial charge is 0.251 e. The first kappa shape index (κ1) is 24.7. The lowest BCUT2D eigenvalue weighted by Crippen LogP contribution is -2.40. The van der Waals surface area contributed by atoms with Gasteiger partial charge in [-0.05, 0) is 93.9 Å². The van der Waals surface area contributed by atoms with Crippen LogP contribution in [0.3, 0.4) is 0 Å². The molecule has 0 aliphatic carbocycles. The number of benzene rings is 3. The van der Waals surface area contributed by atoms with E-state index in [4.69, 9.17) is 15.9 Å². The number of ether oxygens (including phenoxy) is 1. The van der Waals surface area contributed by atoms with Gasteiger partial charge in [-0.25, -0.2) is 0 Å². The molecule has 1 saturated heterocycles. The first-order chi connectivity index (χ1) is 16.6. The molecular weight excluding hydrogens is 436 g/mol. The molecule has 1 atom stereocenters. The highest BCUT2D eigenvalue weighted by molar-refractivity contribution is 6.16. The van der Waals surface area contributed by atoms with Crippen LogP contribution in [0.4, 0.5) is 5.69 Å². The van der Waals surface area contributed by atoms with Gasteiger partial charge in [-0.15, -0.1) is 0 Å². The summed E-state index contributed by atoms with van der Waals surface area (Å²) in [5.74, 6) is 0.683. The molecule has 1 fully saturated rings. The second-order valence-corrected chi connectivity index (χ2v) is 10.3. The fourth-order valence-electron chi connectivity index (χ4n) is 4.64. The van der Waals surface area contributed by atoms with Gasteiger partial charge >= 0.3 is 0 Å². The molecule has 0 aromatic heterocycles. The summed E-state index contributed by atoms with van der Waals surface area (Å²) in [7, 11) is 0. The third kappa shape index (κ3) is 5.82. The predicted octanol–water partition coefficient (Wildman–Crippen LogP) is 5.23. The van der Waals surface area contributed by atoms with Gasteiger partial charge in [0.05, 0.1) is 5.71 Å². The minimum atomic E-state index is -0.348. The molecule has 1 unspecified atom stereocenters. The van der Waals surface area contributed by atoms with Crippen molar-refractivity contribution in [3.05, 3.63) is 71.3 Å². The zero-order valence-corrected chi connectivity index (χ0v) is 21.2. The number of likely N-dealkylation sites (tertiary alicyclic amines) is 1. The van der Waals surface area contributed by atoms with Gasteiger partial charge in [-0.3, -0.25) is 15.1 Å². The Morgan fingerprint density at radius 3 is 2.54 bits per heavy atom. The molecule has 6 heteroatoms. The standard InChI is InChI=1S/C29H36N4O2/c1-5-33-14-6-7-23(33)18-35-24-12-10-19-15-21(9-8-20(19)16-24)27(31)25-17-22(11-13-26(25)30)28(34)32-29(2,3)4/h8-13,15-17,23,31H,5-7,14,18,30H2,1-4H3,(H,32,34). The molecule has 4 rings (SSSR count). The van der Waals surface area contributed by atoms with Gasteiger partial charge in [-0.1, -0.05) is 25.1 Å². The maximum Gasteiger partial charge on any atom is 0.251 e. The highest BCUT2D eigenvalue weighted by Crippen LogP contribution is 2.26. The number of carbonyl (C=O) groups excluding carboxylic acids is 1. The molecule has 0 bridgehead atoms. The molecule has 0 saturated carbocycles. The molecule has 0 radical (unpaired) electrons. The van der Waals surface area contributed by atoms with E-state index in [1.165, 1.54) is 12.8 Å². The van der Waals surface area contributed by atoms with E-state index in [2.05, 4.69) is 23.2 Å². The predicted molar refractivity (Wildman–Crippen MR) is 144 cm³/mol. The first-order valence-corrected chi connectivity index (χ1v) is 12.4. The zero-order chi connectivity index (χ0) is 25.2. The number of hydrogen-bond acceptors (Lipinski definition) is 5. The largest absolute Gasteiger partial charge is 0.492 e. The molecule has 3 aromatic carbocycles. The second kappa shape index (κ2) is 10.1. The number of fused-ring (bicyclic) bond motifs is 1. The monoisotopic (exact) mass is 472 g/mol. The minimum absolute atomic E-state index is 0.183. The highest BCUT2D eigenvalue weighted by atomic mass is 16.5. The quantitative estimate of drug-likeness (QED) is 0.324. The highest BCUT2D eigenvalue weighted by Gasteiger charge is 2.23. The topological polar surface area (TPSA) is 91.4 Å². The molecule has 3 aromatic rings. The van der Waals surface area contributed by atoms with E-state index >= 15 is 0 Å². The van der Waals surface area contributed by atoms with E-state index in [1.54, 1.807) is 18.2 Å². The normalized spacial score (nSPS) is 16.4. The van der Waals surface area contributed by atoms with Crippen LogP contribution in [0.1, 0.15) is 62.0 Å². The van der Waals surface area contributed by atoms with Crippen LogP contribution < -0.4 is 15.8 Å². The average Bonchev–Trinajstić information content (AvgIpc) is 3.28. The van der Waals surface area contributed by atoms with E-state index < -0.39 is 0 Å². The third-order valence-electron chi connectivity index (χ3n) is 6.52. The number of hydrogen-bond donors (Lipinski definition) is 3. The van der Waals surface area contributed by atoms with E-state index in [-0.39, 0.29) is 17.2 Å². The van der Waals surface area contributed by atoms with Crippen LogP contribution in [0.5, 0.6) is 5.75 Å². The summed E-state index contributed by atoms with van der Waals surface area (Å²) in [6.07, 6.45) is 2.43. The van der Waals surface area contributed by atoms with Gasteiger partial charge < -0.3 is 15.8 Å². The van der Waals surface area contributed by atoms with Crippen molar-refractivity contribution >= 4 is 28.1 Å². The number of anilines is 1. The van der Waals surface area contributed by atoms with Gasteiger partial charge in [0.15, 0.2) is 0 Å². The van der Waals surface area contributed by atoms with Crippen molar-refractivity contribution in [2.75, 3.05) is 25.4 Å². The first-order valence-electron chi connectivity index (χ1n) is 12.4. The number of nitrogens with zero attached hydrogens (tertiary/aromatic N) is 1. The molecule has 1 aliphatic rings. The Morgan fingerprint density at radius 1 is 1.09 bits per heavy atom. The Balaban J connectivity index is 1.52. The summed E-state index contributed by atoms with van der Waals surface area (Å²) >= 11 is 0. The fraction of sp³-hybridized carbons (Fsp3) is 0.379. The summed E-state index contributed by atoms with van der Waals surface area (Å²) in [6.45, 7) is 10.9. The summed E-state index contributed by atoms with van der Waals surface area (Å²) in [5, 5.41) is 13.8. The molecule has 4 N–H and O–H groups in total. The second-order valence-electron chi connectivity index (χ2n) is 10.3. The molecular formula is C29H36N4O2. The number of carbonyl (C=O) groups is 1. The van der Waals surface area contributed by atoms with Crippen LogP contribution in [-0.2, 0) is 0 Å². The Labute approximate surface area is 208 Å². The summed E-state index contributed by atoms with van der Waals surface area (Å²) in [6, 6.07) is 17.6. The molecule has 184 valence electrons. The molecule has 1 heterocycles. The minimum Gasteiger partial charge on any atom is -0.492 e. The van der Waals surface area contributed by atoms with E-state index in [0.717, 1.165) is 35.2 Å². The lowest BCUT2D eigenvalue weighted by molar-refractivity contribution is 0.0919. The van der Waals surface area contributed by atoms with Crippen molar-refractivity contribution in [2.24, 2.45) is 0 Å². The third-order valence-corrected chi connectivity index (χ3v) is 6.52. The van der Waals surface area contributed by atoms with E-state index in [9.17, 15) is 4.79 Å². The Morgan fingerprint density at radius 2 is 1.80 bits per heavy atom. The van der Waals surface area contributed by atoms with Gasteiger partial charge in [0.1, 0.15) is 12.4 Å². The number of rotatable bonds is 7. The van der Waals surface area contributed by atoms with Crippen molar-refractivity contribution in [1.82, 2.24) is 10.2 Å². The molecule has 1 aliphatic heterocycles. The van der Waals surface area contributed by atoms with Crippen LogP contribution in [0.15, 0.2) is 54.6 Å². The van der Waals surface area contributed by atoms with Crippen molar-refractivity contribution in [1.29, 1.82) is 5.41 Å². The summed E-state index contributed by atoms with van der Waals surface area (Å²) in [4.78, 5) is 15.1. The number of nitrogens with two attached hydrogens (primary N) is 1. The Bertz CT molecular complexity index is 1250. The summed E-state index contributed by atoms with van der Waals surface area (Å²) in [5.41, 5.74) is 8.39. The van der Waals surface area contributed by atoms with Gasteiger partial charge in [0.2, 0.25) is 0 Å². The van der Waals surface area contributed by atoms with Gasteiger partial charge in [0.25, 0.3) is 5.91 Å². The maximum absolute atomic E-state index is 12.6. The van der Waals surface area contributed by atoms with Crippen LogP contribution in [-0.4, -0.2) is 47.8 Å². The van der Waals surface area contributed by atoms with Crippen molar-refractivity contribution in [2.45, 2.75) is 52.1 Å².